The topological polar surface area (TPSA) is 44.1 Å². The lowest BCUT2D eigenvalue weighted by molar-refractivity contribution is -0.0223. The summed E-state index contributed by atoms with van der Waals surface area (Å²) in [6.07, 6.45) is 3.35. The maximum absolute atomic E-state index is 10.8. The van der Waals surface area contributed by atoms with E-state index in [9.17, 15) is 4.57 Å². The average molecular weight is 186 g/mol. The maximum Gasteiger partial charge on any atom is 0.238 e. The van der Waals surface area contributed by atoms with Gasteiger partial charge >= 0.3 is 0 Å². The first-order chi connectivity index (χ1) is 5.73. The van der Waals surface area contributed by atoms with E-state index in [0.29, 0.717) is 6.61 Å². The Labute approximate surface area is 72.7 Å². The molecule has 0 amide bonds. The Hall–Kier alpha value is -0.730. The van der Waals surface area contributed by atoms with Crippen LogP contribution in [0, 0.1) is 0 Å². The van der Waals surface area contributed by atoms with Crippen molar-refractivity contribution in [2.75, 3.05) is 6.61 Å². The monoisotopic (exact) mass is 186 g/mol. The zero-order valence-electron chi connectivity index (χ0n) is 7.10. The average Bonchev–Trinajstić information content (AvgIpc) is 2.57. The van der Waals surface area contributed by atoms with Gasteiger partial charge in [-0.05, 0) is 19.9 Å². The molecule has 66 valence electrons. The lowest BCUT2D eigenvalue weighted by Crippen LogP contribution is -2.27. The van der Waals surface area contributed by atoms with Crippen LogP contribution in [0.25, 0.3) is 0 Å². The van der Waals surface area contributed by atoms with Crippen molar-refractivity contribution in [1.29, 1.82) is 0 Å². The SMILES string of the molecule is CCOC(C)(P=O)n1cccn1. The minimum Gasteiger partial charge on any atom is -0.344 e. The maximum atomic E-state index is 10.8. The molecule has 0 fully saturated rings. The highest BCUT2D eigenvalue weighted by molar-refractivity contribution is 7.24. The number of aromatic nitrogens is 2. The molecule has 1 aromatic heterocycles. The van der Waals surface area contributed by atoms with E-state index >= 15 is 0 Å². The molecule has 1 heterocycles. The third-order valence-electron chi connectivity index (χ3n) is 1.52. The first-order valence-electron chi connectivity index (χ1n) is 3.71. The van der Waals surface area contributed by atoms with Crippen molar-refractivity contribution in [2.45, 2.75) is 19.3 Å². The minimum atomic E-state index is -0.863. The number of hydrogen-bond donors (Lipinski definition) is 0. The van der Waals surface area contributed by atoms with Gasteiger partial charge in [0, 0.05) is 19.0 Å². The third kappa shape index (κ3) is 1.71. The summed E-state index contributed by atoms with van der Waals surface area (Å²) < 4.78 is 17.7. The molecule has 0 N–H and O–H groups in total. The first-order valence-corrected chi connectivity index (χ1v) is 4.53. The number of nitrogens with zero attached hydrogens (tertiary/aromatic N) is 2. The zero-order valence-corrected chi connectivity index (χ0v) is 7.99. The van der Waals surface area contributed by atoms with Gasteiger partial charge in [0.25, 0.3) is 0 Å². The Kier molecular flexibility index (Phi) is 2.95. The summed E-state index contributed by atoms with van der Waals surface area (Å²) in [5.41, 5.74) is -0.863. The molecule has 12 heavy (non-hydrogen) atoms. The molecule has 1 rings (SSSR count). The molecule has 5 heteroatoms. The number of ether oxygens (including phenoxy) is 1. The second kappa shape index (κ2) is 3.78. The molecule has 0 aliphatic rings. The second-order valence-corrected chi connectivity index (χ2v) is 3.42. The first kappa shape index (κ1) is 9.36. The van der Waals surface area contributed by atoms with Crippen molar-refractivity contribution in [3.05, 3.63) is 18.5 Å². The molecule has 4 nitrogen and oxygen atoms in total. The van der Waals surface area contributed by atoms with Gasteiger partial charge in [0.05, 0.1) is 0 Å². The second-order valence-electron chi connectivity index (χ2n) is 2.41. The van der Waals surface area contributed by atoms with Crippen LogP contribution < -0.4 is 0 Å². The van der Waals surface area contributed by atoms with Crippen molar-refractivity contribution in [1.82, 2.24) is 9.78 Å². The molecule has 0 bridgehead atoms. The summed E-state index contributed by atoms with van der Waals surface area (Å²) in [5, 5.41) is 3.96. The highest BCUT2D eigenvalue weighted by Crippen LogP contribution is 2.28. The van der Waals surface area contributed by atoms with Crippen LogP contribution in [0.3, 0.4) is 0 Å². The van der Waals surface area contributed by atoms with Crippen LogP contribution in [0.15, 0.2) is 18.5 Å². The van der Waals surface area contributed by atoms with Crippen molar-refractivity contribution in [3.63, 3.8) is 0 Å². The zero-order chi connectivity index (χ0) is 9.03. The van der Waals surface area contributed by atoms with Gasteiger partial charge in [0.15, 0.2) is 0 Å². The van der Waals surface area contributed by atoms with E-state index in [4.69, 9.17) is 4.74 Å². The van der Waals surface area contributed by atoms with Gasteiger partial charge in [-0.25, -0.2) is 4.68 Å². The Morgan fingerprint density at radius 1 is 1.75 bits per heavy atom. The van der Waals surface area contributed by atoms with Crippen molar-refractivity contribution in [2.24, 2.45) is 0 Å². The van der Waals surface area contributed by atoms with Crippen molar-refractivity contribution in [3.8, 4) is 0 Å². The molecule has 0 aliphatic heterocycles. The summed E-state index contributed by atoms with van der Waals surface area (Å²) in [7, 11) is -0.0930. The Bertz CT molecular complexity index is 250. The van der Waals surface area contributed by atoms with Gasteiger partial charge in [-0.1, -0.05) is 0 Å². The summed E-state index contributed by atoms with van der Waals surface area (Å²) in [6, 6.07) is 1.77. The predicted molar refractivity (Wildman–Crippen MR) is 45.1 cm³/mol. The van der Waals surface area contributed by atoms with E-state index in [1.165, 1.54) is 4.68 Å². The molecule has 0 radical (unpaired) electrons. The molecule has 0 aromatic carbocycles. The van der Waals surface area contributed by atoms with Gasteiger partial charge in [-0.2, -0.15) is 5.10 Å². The molecular weight excluding hydrogens is 175 g/mol. The smallest absolute Gasteiger partial charge is 0.238 e. The quantitative estimate of drug-likeness (QED) is 0.674. The van der Waals surface area contributed by atoms with Crippen LogP contribution in [-0.4, -0.2) is 16.4 Å². The van der Waals surface area contributed by atoms with Gasteiger partial charge < -0.3 is 4.74 Å². The Morgan fingerprint density at radius 3 is 2.92 bits per heavy atom. The summed E-state index contributed by atoms with van der Waals surface area (Å²) in [4.78, 5) is 0. The van der Waals surface area contributed by atoms with Crippen molar-refractivity contribution >= 4 is 8.46 Å². The molecular formula is C7H11N2O2P. The number of rotatable bonds is 4. The standard InChI is InChI=1S/C7H11N2O2P/c1-3-11-7(2,12-10)9-6-4-5-8-9/h4-6H,3H2,1-2H3. The van der Waals surface area contributed by atoms with Crippen LogP contribution in [0.2, 0.25) is 0 Å². The lowest BCUT2D eigenvalue weighted by atomic mass is 10.6. The Morgan fingerprint density at radius 2 is 2.50 bits per heavy atom. The molecule has 1 atom stereocenters. The molecule has 1 unspecified atom stereocenters. The third-order valence-corrected chi connectivity index (χ3v) is 2.19. The molecule has 0 aliphatic carbocycles. The van der Waals surface area contributed by atoms with E-state index in [-0.39, 0.29) is 8.46 Å². The van der Waals surface area contributed by atoms with E-state index in [2.05, 4.69) is 5.10 Å². The van der Waals surface area contributed by atoms with Gasteiger partial charge in [-0.3, -0.25) is 4.57 Å². The van der Waals surface area contributed by atoms with Crippen LogP contribution in [0.5, 0.6) is 0 Å². The lowest BCUT2D eigenvalue weighted by Gasteiger charge is -2.21. The van der Waals surface area contributed by atoms with Gasteiger partial charge in [0.2, 0.25) is 13.9 Å². The number of hydrogen-bond acceptors (Lipinski definition) is 3. The van der Waals surface area contributed by atoms with Crippen LogP contribution in [0.1, 0.15) is 13.8 Å². The fraction of sp³-hybridized carbons (Fsp3) is 0.571. The molecule has 1 aromatic rings. The fourth-order valence-electron chi connectivity index (χ4n) is 0.922. The summed E-state index contributed by atoms with van der Waals surface area (Å²) >= 11 is 0. The normalized spacial score (nSPS) is 16.2. The van der Waals surface area contributed by atoms with Crippen molar-refractivity contribution < 1.29 is 9.30 Å². The minimum absolute atomic E-state index is 0.0930. The van der Waals surface area contributed by atoms with Crippen LogP contribution >= 0.6 is 8.46 Å². The molecule has 0 saturated heterocycles. The Balaban J connectivity index is 2.87. The molecule has 0 spiro atoms. The van der Waals surface area contributed by atoms with Gasteiger partial charge in [-0.15, -0.1) is 0 Å². The van der Waals surface area contributed by atoms with E-state index in [1.54, 1.807) is 25.4 Å². The highest BCUT2D eigenvalue weighted by Gasteiger charge is 2.27. The van der Waals surface area contributed by atoms with E-state index < -0.39 is 5.47 Å². The van der Waals surface area contributed by atoms with E-state index in [1.807, 2.05) is 6.92 Å². The van der Waals surface area contributed by atoms with Crippen LogP contribution in [0.4, 0.5) is 0 Å². The largest absolute Gasteiger partial charge is 0.344 e. The van der Waals surface area contributed by atoms with Crippen LogP contribution in [-0.2, 0) is 14.8 Å². The summed E-state index contributed by atoms with van der Waals surface area (Å²) in [5.74, 6) is 0. The highest BCUT2D eigenvalue weighted by atomic mass is 31.1. The van der Waals surface area contributed by atoms with E-state index in [0.717, 1.165) is 0 Å². The van der Waals surface area contributed by atoms with Gasteiger partial charge in [0.1, 0.15) is 0 Å². The fourth-order valence-corrected chi connectivity index (χ4v) is 1.31. The molecule has 0 saturated carbocycles. The summed E-state index contributed by atoms with van der Waals surface area (Å²) in [6.45, 7) is 4.08. The predicted octanol–water partition coefficient (Wildman–Crippen LogP) is 1.84.